The maximum absolute atomic E-state index is 6.24. The van der Waals surface area contributed by atoms with Crippen LogP contribution < -0.4 is 0 Å². The molecule has 110 valence electrons. The van der Waals surface area contributed by atoms with Crippen molar-refractivity contribution in [1.29, 1.82) is 0 Å². The molecular weight excluding hydrogens is 315 g/mol. The Balaban J connectivity index is 2.32. The Morgan fingerprint density at radius 3 is 2.05 bits per heavy atom. The van der Waals surface area contributed by atoms with Crippen LogP contribution in [0.1, 0.15) is 52.9 Å². The summed E-state index contributed by atoms with van der Waals surface area (Å²) < 4.78 is 13.6. The topological polar surface area (TPSA) is 18.5 Å². The monoisotopic (exact) mass is 338 g/mol. The third-order valence-electron chi connectivity index (χ3n) is 4.52. The van der Waals surface area contributed by atoms with E-state index in [1.165, 1.54) is 5.56 Å². The largest absolute Gasteiger partial charge is 0.466 e. The van der Waals surface area contributed by atoms with Crippen LogP contribution in [-0.4, -0.2) is 18.3 Å². The van der Waals surface area contributed by atoms with Crippen molar-refractivity contribution in [2.75, 3.05) is 0 Å². The molecule has 1 heterocycles. The van der Waals surface area contributed by atoms with Gasteiger partial charge in [-0.25, -0.2) is 0 Å². The van der Waals surface area contributed by atoms with Crippen molar-refractivity contribution >= 4 is 23.0 Å². The van der Waals surface area contributed by atoms with E-state index in [1.54, 1.807) is 0 Å². The minimum Gasteiger partial charge on any atom is -0.403 e. The Morgan fingerprint density at radius 1 is 1.05 bits per heavy atom. The van der Waals surface area contributed by atoms with E-state index in [2.05, 4.69) is 75.7 Å². The second-order valence-electron chi connectivity index (χ2n) is 6.95. The van der Waals surface area contributed by atoms with Crippen molar-refractivity contribution in [2.45, 2.75) is 58.6 Å². The van der Waals surface area contributed by atoms with Crippen LogP contribution in [0.2, 0.25) is 0 Å². The van der Waals surface area contributed by atoms with Gasteiger partial charge in [-0.15, -0.1) is 0 Å². The Bertz CT molecular complexity index is 469. The SMILES string of the molecule is CC(C)C(B1OC(C)(C)C(C)(C)O1)c1cccc(Br)c1. The Morgan fingerprint density at radius 2 is 1.60 bits per heavy atom. The zero-order valence-corrected chi connectivity index (χ0v) is 14.8. The molecule has 1 saturated heterocycles. The van der Waals surface area contributed by atoms with Gasteiger partial charge in [-0.05, 0) is 51.3 Å². The standard InChI is InChI=1S/C16H24BBrO2/c1-11(2)14(12-8-7-9-13(18)10-12)17-19-15(3,4)16(5,6)20-17/h7-11,14H,1-6H3. The van der Waals surface area contributed by atoms with Crippen molar-refractivity contribution < 1.29 is 9.31 Å². The molecule has 1 aliphatic rings. The first kappa shape index (κ1) is 16.1. The van der Waals surface area contributed by atoms with E-state index in [4.69, 9.17) is 9.31 Å². The van der Waals surface area contributed by atoms with Gasteiger partial charge in [-0.3, -0.25) is 0 Å². The third-order valence-corrected chi connectivity index (χ3v) is 5.01. The summed E-state index contributed by atoms with van der Waals surface area (Å²) in [5.41, 5.74) is 0.695. The summed E-state index contributed by atoms with van der Waals surface area (Å²) in [4.78, 5) is 0. The van der Waals surface area contributed by atoms with Gasteiger partial charge in [-0.2, -0.15) is 0 Å². The molecule has 1 aromatic carbocycles. The molecule has 0 bridgehead atoms. The van der Waals surface area contributed by atoms with Gasteiger partial charge in [0.05, 0.1) is 11.2 Å². The molecule has 0 amide bonds. The zero-order chi connectivity index (χ0) is 15.1. The zero-order valence-electron chi connectivity index (χ0n) is 13.2. The predicted molar refractivity (Wildman–Crippen MR) is 87.8 cm³/mol. The lowest BCUT2D eigenvalue weighted by molar-refractivity contribution is 0.00578. The summed E-state index contributed by atoms with van der Waals surface area (Å²) >= 11 is 3.55. The first-order chi connectivity index (χ1) is 9.14. The quantitative estimate of drug-likeness (QED) is 0.735. The normalized spacial score (nSPS) is 22.3. The predicted octanol–water partition coefficient (Wildman–Crippen LogP) is 4.82. The summed E-state index contributed by atoms with van der Waals surface area (Å²) in [5.74, 6) is 0.674. The highest BCUT2D eigenvalue weighted by Gasteiger charge is 2.54. The molecule has 0 aromatic heterocycles. The molecule has 1 aliphatic heterocycles. The lowest BCUT2D eigenvalue weighted by atomic mass is 9.62. The van der Waals surface area contributed by atoms with Crippen LogP contribution in [0, 0.1) is 5.92 Å². The van der Waals surface area contributed by atoms with Crippen LogP contribution in [0.5, 0.6) is 0 Å². The summed E-state index contributed by atoms with van der Waals surface area (Å²) in [6, 6.07) is 8.43. The average molecular weight is 339 g/mol. The van der Waals surface area contributed by atoms with E-state index in [0.29, 0.717) is 5.92 Å². The van der Waals surface area contributed by atoms with Crippen molar-refractivity contribution in [3.8, 4) is 0 Å². The molecule has 1 atom stereocenters. The molecule has 0 aliphatic carbocycles. The second kappa shape index (κ2) is 5.47. The van der Waals surface area contributed by atoms with Crippen LogP contribution in [-0.2, 0) is 9.31 Å². The number of hydrogen-bond donors (Lipinski definition) is 0. The highest BCUT2D eigenvalue weighted by atomic mass is 79.9. The number of hydrogen-bond acceptors (Lipinski definition) is 2. The molecule has 0 N–H and O–H groups in total. The van der Waals surface area contributed by atoms with E-state index >= 15 is 0 Å². The van der Waals surface area contributed by atoms with E-state index in [-0.39, 0.29) is 24.1 Å². The first-order valence-electron chi connectivity index (χ1n) is 7.25. The van der Waals surface area contributed by atoms with Crippen LogP contribution in [0.25, 0.3) is 0 Å². The van der Waals surface area contributed by atoms with E-state index < -0.39 is 0 Å². The molecule has 2 nitrogen and oxygen atoms in total. The lowest BCUT2D eigenvalue weighted by Crippen LogP contribution is -2.41. The Labute approximate surface area is 131 Å². The summed E-state index contributed by atoms with van der Waals surface area (Å²) in [7, 11) is -0.200. The summed E-state index contributed by atoms with van der Waals surface area (Å²) in [6.07, 6.45) is 0. The van der Waals surface area contributed by atoms with Gasteiger partial charge in [0.15, 0.2) is 0 Å². The van der Waals surface area contributed by atoms with E-state index in [1.807, 2.05) is 6.07 Å². The average Bonchev–Trinajstić information content (AvgIpc) is 2.47. The van der Waals surface area contributed by atoms with E-state index in [9.17, 15) is 0 Å². The van der Waals surface area contributed by atoms with Gasteiger partial charge in [0.2, 0.25) is 0 Å². The third kappa shape index (κ3) is 2.97. The molecule has 2 rings (SSSR count). The fourth-order valence-corrected chi connectivity index (χ4v) is 3.02. The van der Waals surface area contributed by atoms with Crippen molar-refractivity contribution in [3.05, 3.63) is 34.3 Å². The molecule has 1 unspecified atom stereocenters. The van der Waals surface area contributed by atoms with Crippen LogP contribution in [0.3, 0.4) is 0 Å². The molecule has 0 saturated carbocycles. The summed E-state index contributed by atoms with van der Waals surface area (Å²) in [5, 5.41) is 0. The highest BCUT2D eigenvalue weighted by molar-refractivity contribution is 9.10. The fraction of sp³-hybridized carbons (Fsp3) is 0.625. The van der Waals surface area contributed by atoms with Crippen LogP contribution >= 0.6 is 15.9 Å². The van der Waals surface area contributed by atoms with Gasteiger partial charge < -0.3 is 9.31 Å². The molecule has 1 aromatic rings. The lowest BCUT2D eigenvalue weighted by Gasteiger charge is -2.32. The van der Waals surface area contributed by atoms with Crippen LogP contribution in [0.15, 0.2) is 28.7 Å². The summed E-state index contributed by atoms with van der Waals surface area (Å²) in [6.45, 7) is 12.8. The molecule has 4 heteroatoms. The first-order valence-corrected chi connectivity index (χ1v) is 8.04. The molecule has 1 fully saturated rings. The molecule has 20 heavy (non-hydrogen) atoms. The van der Waals surface area contributed by atoms with Gasteiger partial charge >= 0.3 is 7.12 Å². The molecular formula is C16H24BBrO2. The Kier molecular flexibility index (Phi) is 4.39. The highest BCUT2D eigenvalue weighted by Crippen LogP contribution is 2.43. The smallest absolute Gasteiger partial charge is 0.403 e. The minimum absolute atomic E-state index is 0.200. The molecule has 0 radical (unpaired) electrons. The van der Waals surface area contributed by atoms with Crippen molar-refractivity contribution in [2.24, 2.45) is 5.92 Å². The number of halogens is 1. The maximum atomic E-state index is 6.24. The van der Waals surface area contributed by atoms with Gasteiger partial charge in [0.25, 0.3) is 0 Å². The number of rotatable bonds is 3. The minimum atomic E-state index is -0.281. The van der Waals surface area contributed by atoms with Crippen LogP contribution in [0.4, 0.5) is 0 Å². The van der Waals surface area contributed by atoms with E-state index in [0.717, 1.165) is 4.47 Å². The maximum Gasteiger partial charge on any atom is 0.466 e. The van der Waals surface area contributed by atoms with Gasteiger partial charge in [0.1, 0.15) is 0 Å². The van der Waals surface area contributed by atoms with Crippen molar-refractivity contribution in [1.82, 2.24) is 0 Å². The fourth-order valence-electron chi connectivity index (χ4n) is 2.61. The van der Waals surface area contributed by atoms with Gasteiger partial charge in [-0.1, -0.05) is 41.9 Å². The van der Waals surface area contributed by atoms with Gasteiger partial charge in [0, 0.05) is 10.3 Å². The second-order valence-corrected chi connectivity index (χ2v) is 7.87. The van der Waals surface area contributed by atoms with Crippen molar-refractivity contribution in [3.63, 3.8) is 0 Å². The Hall–Kier alpha value is -0.315. The molecule has 0 spiro atoms. The number of benzene rings is 1.